The summed E-state index contributed by atoms with van der Waals surface area (Å²) in [6.07, 6.45) is 2.08. The van der Waals surface area contributed by atoms with Crippen molar-refractivity contribution in [3.8, 4) is 17.2 Å². The average molecular weight is 444 g/mol. The van der Waals surface area contributed by atoms with Crippen LogP contribution in [0.1, 0.15) is 30.4 Å². The summed E-state index contributed by atoms with van der Waals surface area (Å²) >= 11 is 0. The van der Waals surface area contributed by atoms with Gasteiger partial charge in [-0.2, -0.15) is 0 Å². The minimum atomic E-state index is -1.15. The van der Waals surface area contributed by atoms with E-state index in [1.807, 2.05) is 24.3 Å². The molecule has 0 bridgehead atoms. The second-order valence-corrected chi connectivity index (χ2v) is 7.67. The van der Waals surface area contributed by atoms with Gasteiger partial charge in [-0.3, -0.25) is 4.79 Å². The molecule has 2 N–H and O–H groups in total. The molecule has 0 radical (unpaired) electrons. The maximum atomic E-state index is 11.7. The van der Waals surface area contributed by atoms with Crippen LogP contribution in [0.3, 0.4) is 0 Å². The summed E-state index contributed by atoms with van der Waals surface area (Å²) in [4.78, 5) is 22.6. The average Bonchev–Trinajstić information content (AvgIpc) is 3.24. The first-order valence-electron chi connectivity index (χ1n) is 10.5. The van der Waals surface area contributed by atoms with Crippen molar-refractivity contribution in [1.82, 2.24) is 0 Å². The molecule has 1 heterocycles. The van der Waals surface area contributed by atoms with Gasteiger partial charge in [0.2, 0.25) is 0 Å². The molecule has 1 fully saturated rings. The maximum Gasteiger partial charge on any atom is 0.336 e. The van der Waals surface area contributed by atoms with Crippen LogP contribution < -0.4 is 14.2 Å². The van der Waals surface area contributed by atoms with Crippen LogP contribution in [-0.4, -0.2) is 54.7 Å². The number of benzene rings is 2. The van der Waals surface area contributed by atoms with Crippen molar-refractivity contribution in [1.29, 1.82) is 0 Å². The predicted molar refractivity (Wildman–Crippen MR) is 116 cm³/mol. The Labute approximate surface area is 186 Å². The van der Waals surface area contributed by atoms with E-state index in [9.17, 15) is 14.7 Å². The molecule has 0 aromatic heterocycles. The van der Waals surface area contributed by atoms with Crippen LogP contribution in [0, 0.1) is 0 Å². The molecule has 3 rings (SSSR count). The lowest BCUT2D eigenvalue weighted by Gasteiger charge is -2.23. The fourth-order valence-electron chi connectivity index (χ4n) is 3.72. The second-order valence-electron chi connectivity index (χ2n) is 7.67. The first kappa shape index (κ1) is 23.4. The monoisotopic (exact) mass is 444 g/mol. The standard InChI is InChI=1S/C24H28O8/c1-29-21-15-20(8-7-18(21)14-22(25)26)31-11-4-10-30-19-6-2-5-17(13-19)16-24(23(27)28)9-3-12-32-24/h2,5-8,13,15H,3-4,9-12,14,16H2,1H3,(H,25,26)(H,27,28). The fourth-order valence-corrected chi connectivity index (χ4v) is 3.72. The number of carbonyl (C=O) groups is 2. The lowest BCUT2D eigenvalue weighted by Crippen LogP contribution is -2.40. The molecule has 172 valence electrons. The smallest absolute Gasteiger partial charge is 0.336 e. The van der Waals surface area contributed by atoms with Crippen LogP contribution in [0.4, 0.5) is 0 Å². The first-order valence-corrected chi connectivity index (χ1v) is 10.5. The van der Waals surface area contributed by atoms with Crippen LogP contribution in [0.2, 0.25) is 0 Å². The van der Waals surface area contributed by atoms with Crippen molar-refractivity contribution in [3.05, 3.63) is 53.6 Å². The molecule has 0 spiro atoms. The van der Waals surface area contributed by atoms with Crippen LogP contribution >= 0.6 is 0 Å². The third-order valence-electron chi connectivity index (χ3n) is 5.31. The van der Waals surface area contributed by atoms with Gasteiger partial charge in [0.05, 0.1) is 26.7 Å². The van der Waals surface area contributed by atoms with Crippen LogP contribution in [-0.2, 0) is 27.2 Å². The predicted octanol–water partition coefficient (Wildman–Crippen LogP) is 3.35. The third kappa shape index (κ3) is 6.13. The summed E-state index contributed by atoms with van der Waals surface area (Å²) in [5.41, 5.74) is 0.299. The van der Waals surface area contributed by atoms with Gasteiger partial charge in [0, 0.05) is 31.1 Å². The van der Waals surface area contributed by atoms with E-state index >= 15 is 0 Å². The van der Waals surface area contributed by atoms with Crippen molar-refractivity contribution < 1.29 is 38.7 Å². The molecule has 1 aliphatic rings. The van der Waals surface area contributed by atoms with Gasteiger partial charge in [-0.05, 0) is 36.6 Å². The number of ether oxygens (including phenoxy) is 4. The van der Waals surface area contributed by atoms with E-state index in [-0.39, 0.29) is 6.42 Å². The molecule has 2 aromatic carbocycles. The molecule has 0 aliphatic carbocycles. The maximum absolute atomic E-state index is 11.7. The topological polar surface area (TPSA) is 112 Å². The molecule has 32 heavy (non-hydrogen) atoms. The summed E-state index contributed by atoms with van der Waals surface area (Å²) in [6.45, 7) is 1.31. The molecule has 0 amide bonds. The Morgan fingerprint density at radius 3 is 2.44 bits per heavy atom. The van der Waals surface area contributed by atoms with Crippen molar-refractivity contribution in [2.75, 3.05) is 26.9 Å². The zero-order chi connectivity index (χ0) is 23.0. The fraction of sp³-hybridized carbons (Fsp3) is 0.417. The SMILES string of the molecule is COc1cc(OCCCOc2cccc(CC3(C(=O)O)CCCO3)c2)ccc1CC(=O)O. The van der Waals surface area contributed by atoms with Gasteiger partial charge in [-0.1, -0.05) is 18.2 Å². The van der Waals surface area contributed by atoms with E-state index in [2.05, 4.69) is 0 Å². The number of carboxylic acid groups (broad SMARTS) is 2. The Bertz CT molecular complexity index is 933. The molecule has 2 aromatic rings. The van der Waals surface area contributed by atoms with Gasteiger partial charge in [0.1, 0.15) is 17.2 Å². The van der Waals surface area contributed by atoms with Crippen LogP contribution in [0.15, 0.2) is 42.5 Å². The largest absolute Gasteiger partial charge is 0.496 e. The number of carboxylic acids is 2. The number of hydrogen-bond acceptors (Lipinski definition) is 6. The number of hydrogen-bond donors (Lipinski definition) is 2. The molecule has 1 atom stereocenters. The van der Waals surface area contributed by atoms with Gasteiger partial charge in [-0.25, -0.2) is 4.79 Å². The van der Waals surface area contributed by atoms with Crippen molar-refractivity contribution >= 4 is 11.9 Å². The number of methoxy groups -OCH3 is 1. The van der Waals surface area contributed by atoms with E-state index in [4.69, 9.17) is 24.1 Å². The highest BCUT2D eigenvalue weighted by Crippen LogP contribution is 2.31. The summed E-state index contributed by atoms with van der Waals surface area (Å²) in [7, 11) is 1.49. The Morgan fingerprint density at radius 1 is 1.06 bits per heavy atom. The Morgan fingerprint density at radius 2 is 1.81 bits per heavy atom. The van der Waals surface area contributed by atoms with Crippen LogP contribution in [0.25, 0.3) is 0 Å². The minimum absolute atomic E-state index is 0.115. The van der Waals surface area contributed by atoms with E-state index in [1.165, 1.54) is 7.11 Å². The Balaban J connectivity index is 1.47. The lowest BCUT2D eigenvalue weighted by molar-refractivity contribution is -0.159. The van der Waals surface area contributed by atoms with Gasteiger partial charge >= 0.3 is 11.9 Å². The van der Waals surface area contributed by atoms with E-state index in [0.717, 1.165) is 12.0 Å². The van der Waals surface area contributed by atoms with E-state index in [0.29, 0.717) is 61.9 Å². The quantitative estimate of drug-likeness (QED) is 0.480. The van der Waals surface area contributed by atoms with Crippen molar-refractivity contribution in [2.24, 2.45) is 0 Å². The summed E-state index contributed by atoms with van der Waals surface area (Å²) in [6, 6.07) is 12.5. The Kier molecular flexibility index (Phi) is 7.94. The minimum Gasteiger partial charge on any atom is -0.496 e. The number of rotatable bonds is 12. The highest BCUT2D eigenvalue weighted by Gasteiger charge is 2.42. The molecular formula is C24H28O8. The van der Waals surface area contributed by atoms with Gasteiger partial charge in [0.25, 0.3) is 0 Å². The zero-order valence-corrected chi connectivity index (χ0v) is 18.0. The Hall–Kier alpha value is -3.26. The summed E-state index contributed by atoms with van der Waals surface area (Å²) < 4.78 is 22.3. The highest BCUT2D eigenvalue weighted by molar-refractivity contribution is 5.78. The molecule has 1 aliphatic heterocycles. The summed E-state index contributed by atoms with van der Waals surface area (Å²) in [5, 5.41) is 18.5. The van der Waals surface area contributed by atoms with Crippen molar-refractivity contribution in [3.63, 3.8) is 0 Å². The molecule has 8 nitrogen and oxygen atoms in total. The van der Waals surface area contributed by atoms with Gasteiger partial charge < -0.3 is 29.2 Å². The normalized spacial score (nSPS) is 17.7. The molecule has 1 unspecified atom stereocenters. The first-order chi connectivity index (χ1) is 15.4. The van der Waals surface area contributed by atoms with Gasteiger partial charge in [-0.15, -0.1) is 0 Å². The third-order valence-corrected chi connectivity index (χ3v) is 5.31. The molecule has 1 saturated heterocycles. The van der Waals surface area contributed by atoms with Crippen molar-refractivity contribution in [2.45, 2.75) is 37.7 Å². The van der Waals surface area contributed by atoms with Crippen LogP contribution in [0.5, 0.6) is 17.2 Å². The second kappa shape index (κ2) is 10.9. The molecular weight excluding hydrogens is 416 g/mol. The van der Waals surface area contributed by atoms with Gasteiger partial charge in [0.15, 0.2) is 5.60 Å². The lowest BCUT2D eigenvalue weighted by atomic mass is 9.91. The molecule has 8 heteroatoms. The summed E-state index contributed by atoms with van der Waals surface area (Å²) in [5.74, 6) is -0.115. The highest BCUT2D eigenvalue weighted by atomic mass is 16.5. The molecule has 0 saturated carbocycles. The zero-order valence-electron chi connectivity index (χ0n) is 18.0. The van der Waals surface area contributed by atoms with E-state index in [1.54, 1.807) is 18.2 Å². The number of aliphatic carboxylic acids is 2. The van der Waals surface area contributed by atoms with E-state index < -0.39 is 17.5 Å².